The Bertz CT molecular complexity index is 214. The molecule has 1 N–H and O–H groups in total. The van der Waals surface area contributed by atoms with Crippen molar-refractivity contribution >= 4 is 11.8 Å². The van der Waals surface area contributed by atoms with Crippen LogP contribution >= 0.6 is 11.8 Å². The topological polar surface area (TPSA) is 29.5 Å². The van der Waals surface area contributed by atoms with Gasteiger partial charge in [-0.2, -0.15) is 11.8 Å². The van der Waals surface area contributed by atoms with Crippen LogP contribution in [0.4, 0.5) is 0 Å². The van der Waals surface area contributed by atoms with E-state index in [0.717, 1.165) is 13.0 Å². The van der Waals surface area contributed by atoms with Crippen molar-refractivity contribution in [1.29, 1.82) is 0 Å². The molecule has 2 fully saturated rings. The lowest BCUT2D eigenvalue weighted by Crippen LogP contribution is -2.46. The SMILES string of the molecule is CC(O)C(C)SC1CCOC2(CCC2)C1. The van der Waals surface area contributed by atoms with Gasteiger partial charge in [0.1, 0.15) is 0 Å². The number of hydrogen-bond acceptors (Lipinski definition) is 3. The number of rotatable bonds is 3. The fourth-order valence-electron chi connectivity index (χ4n) is 2.44. The van der Waals surface area contributed by atoms with E-state index in [0.29, 0.717) is 10.5 Å². The fraction of sp³-hybridized carbons (Fsp3) is 1.00. The standard InChI is InChI=1S/C12H22O2S/c1-9(13)10(2)15-11-4-7-14-12(8-11)5-3-6-12/h9-11,13H,3-8H2,1-2H3. The Morgan fingerprint density at radius 2 is 2.13 bits per heavy atom. The number of hydrogen-bond donors (Lipinski definition) is 1. The number of thioether (sulfide) groups is 1. The van der Waals surface area contributed by atoms with E-state index in [2.05, 4.69) is 6.92 Å². The van der Waals surface area contributed by atoms with E-state index in [1.165, 1.54) is 25.7 Å². The van der Waals surface area contributed by atoms with Crippen molar-refractivity contribution in [2.24, 2.45) is 0 Å². The zero-order valence-corrected chi connectivity index (χ0v) is 10.6. The van der Waals surface area contributed by atoms with E-state index in [9.17, 15) is 5.11 Å². The number of aliphatic hydroxyl groups is 1. The molecule has 1 heterocycles. The van der Waals surface area contributed by atoms with Crippen molar-refractivity contribution in [1.82, 2.24) is 0 Å². The van der Waals surface area contributed by atoms with Crippen molar-refractivity contribution < 1.29 is 9.84 Å². The van der Waals surface area contributed by atoms with Gasteiger partial charge < -0.3 is 9.84 Å². The normalized spacial score (nSPS) is 33.4. The van der Waals surface area contributed by atoms with E-state index >= 15 is 0 Å². The molecule has 0 bridgehead atoms. The first kappa shape index (κ1) is 11.7. The molecule has 15 heavy (non-hydrogen) atoms. The van der Waals surface area contributed by atoms with Gasteiger partial charge in [-0.3, -0.25) is 0 Å². The summed E-state index contributed by atoms with van der Waals surface area (Å²) in [6, 6.07) is 0. The Labute approximate surface area is 96.8 Å². The molecule has 88 valence electrons. The molecule has 3 heteroatoms. The van der Waals surface area contributed by atoms with Gasteiger partial charge in [-0.1, -0.05) is 6.92 Å². The Hall–Kier alpha value is 0.270. The van der Waals surface area contributed by atoms with Crippen LogP contribution in [-0.2, 0) is 4.74 Å². The third kappa shape index (κ3) is 2.69. The van der Waals surface area contributed by atoms with Gasteiger partial charge in [0.2, 0.25) is 0 Å². The molecule has 2 nitrogen and oxygen atoms in total. The highest BCUT2D eigenvalue weighted by molar-refractivity contribution is 8.00. The van der Waals surface area contributed by atoms with Gasteiger partial charge in [-0.25, -0.2) is 0 Å². The minimum atomic E-state index is -0.199. The van der Waals surface area contributed by atoms with E-state index in [4.69, 9.17) is 4.74 Å². The van der Waals surface area contributed by atoms with Gasteiger partial charge in [0.25, 0.3) is 0 Å². The molecule has 0 aromatic heterocycles. The van der Waals surface area contributed by atoms with Crippen LogP contribution in [0.15, 0.2) is 0 Å². The molecule has 0 amide bonds. The van der Waals surface area contributed by atoms with Crippen LogP contribution in [0.25, 0.3) is 0 Å². The van der Waals surface area contributed by atoms with Gasteiger partial charge in [0.05, 0.1) is 11.7 Å². The molecule has 0 radical (unpaired) electrons. The third-order valence-electron chi connectivity index (χ3n) is 3.80. The molecule has 1 aliphatic heterocycles. The van der Waals surface area contributed by atoms with Gasteiger partial charge in [-0.05, 0) is 39.0 Å². The maximum Gasteiger partial charge on any atom is 0.0693 e. The monoisotopic (exact) mass is 230 g/mol. The van der Waals surface area contributed by atoms with Crippen LogP contribution in [0.3, 0.4) is 0 Å². The van der Waals surface area contributed by atoms with E-state index in [1.807, 2.05) is 18.7 Å². The predicted molar refractivity (Wildman–Crippen MR) is 64.3 cm³/mol. The minimum absolute atomic E-state index is 0.199. The summed E-state index contributed by atoms with van der Waals surface area (Å²) in [6.07, 6.45) is 6.01. The smallest absolute Gasteiger partial charge is 0.0693 e. The summed E-state index contributed by atoms with van der Waals surface area (Å²) in [6.45, 7) is 4.93. The van der Waals surface area contributed by atoms with Crippen LogP contribution in [0.5, 0.6) is 0 Å². The first-order chi connectivity index (χ1) is 7.11. The second-order valence-corrected chi connectivity index (χ2v) is 6.76. The van der Waals surface area contributed by atoms with E-state index in [1.54, 1.807) is 0 Å². The second kappa shape index (κ2) is 4.64. The van der Waals surface area contributed by atoms with Crippen LogP contribution < -0.4 is 0 Å². The first-order valence-electron chi connectivity index (χ1n) is 6.09. The van der Waals surface area contributed by atoms with Crippen LogP contribution in [0, 0.1) is 0 Å². The van der Waals surface area contributed by atoms with Gasteiger partial charge in [-0.15, -0.1) is 0 Å². The maximum atomic E-state index is 9.50. The van der Waals surface area contributed by atoms with Crippen molar-refractivity contribution in [3.8, 4) is 0 Å². The van der Waals surface area contributed by atoms with Crippen LogP contribution in [0.1, 0.15) is 46.0 Å². The lowest BCUT2D eigenvalue weighted by atomic mass is 9.75. The third-order valence-corrected chi connectivity index (χ3v) is 5.41. The van der Waals surface area contributed by atoms with E-state index in [-0.39, 0.29) is 11.7 Å². The molecule has 0 aromatic carbocycles. The highest BCUT2D eigenvalue weighted by Crippen LogP contribution is 2.45. The fourth-order valence-corrected chi connectivity index (χ4v) is 3.90. The summed E-state index contributed by atoms with van der Waals surface area (Å²) in [4.78, 5) is 0. The molecular weight excluding hydrogens is 208 g/mol. The molecule has 2 aliphatic rings. The Kier molecular flexibility index (Phi) is 3.63. The van der Waals surface area contributed by atoms with Gasteiger partial charge in [0.15, 0.2) is 0 Å². The van der Waals surface area contributed by atoms with Gasteiger partial charge in [0, 0.05) is 17.1 Å². The molecule has 1 spiro atoms. The minimum Gasteiger partial charge on any atom is -0.392 e. The quantitative estimate of drug-likeness (QED) is 0.808. The number of ether oxygens (including phenoxy) is 1. The van der Waals surface area contributed by atoms with Crippen molar-refractivity contribution in [2.75, 3.05) is 6.61 Å². The van der Waals surface area contributed by atoms with Crippen LogP contribution in [0.2, 0.25) is 0 Å². The molecule has 1 saturated heterocycles. The molecule has 0 aromatic rings. The molecule has 1 saturated carbocycles. The average molecular weight is 230 g/mol. The predicted octanol–water partition coefficient (Wildman–Crippen LogP) is 2.59. The Morgan fingerprint density at radius 3 is 2.67 bits per heavy atom. The van der Waals surface area contributed by atoms with Gasteiger partial charge >= 0.3 is 0 Å². The summed E-state index contributed by atoms with van der Waals surface area (Å²) in [7, 11) is 0. The summed E-state index contributed by atoms with van der Waals surface area (Å²) in [5.41, 5.74) is 0.244. The Morgan fingerprint density at radius 1 is 1.40 bits per heavy atom. The zero-order valence-electron chi connectivity index (χ0n) is 9.74. The molecule has 1 aliphatic carbocycles. The first-order valence-corrected chi connectivity index (χ1v) is 7.03. The average Bonchev–Trinajstić information content (AvgIpc) is 2.15. The van der Waals surface area contributed by atoms with Crippen molar-refractivity contribution in [3.05, 3.63) is 0 Å². The highest BCUT2D eigenvalue weighted by Gasteiger charge is 2.42. The maximum absolute atomic E-state index is 9.50. The number of aliphatic hydroxyl groups excluding tert-OH is 1. The lowest BCUT2D eigenvalue weighted by Gasteiger charge is -2.47. The Balaban J connectivity index is 1.82. The highest BCUT2D eigenvalue weighted by atomic mass is 32.2. The molecule has 3 unspecified atom stereocenters. The lowest BCUT2D eigenvalue weighted by molar-refractivity contribution is -0.125. The summed E-state index contributed by atoms with van der Waals surface area (Å²) < 4.78 is 5.90. The second-order valence-electron chi connectivity index (χ2n) is 5.08. The summed E-state index contributed by atoms with van der Waals surface area (Å²) in [5, 5.41) is 10.6. The molecule has 3 atom stereocenters. The molecular formula is C12H22O2S. The summed E-state index contributed by atoms with van der Waals surface area (Å²) in [5.74, 6) is 0. The van der Waals surface area contributed by atoms with Crippen molar-refractivity contribution in [3.63, 3.8) is 0 Å². The van der Waals surface area contributed by atoms with Crippen LogP contribution in [-0.4, -0.2) is 33.9 Å². The van der Waals surface area contributed by atoms with Crippen molar-refractivity contribution in [2.45, 2.75) is 68.2 Å². The summed E-state index contributed by atoms with van der Waals surface area (Å²) >= 11 is 1.95. The largest absolute Gasteiger partial charge is 0.392 e. The van der Waals surface area contributed by atoms with E-state index < -0.39 is 0 Å². The zero-order chi connectivity index (χ0) is 10.9. The molecule has 2 rings (SSSR count).